The molecule has 0 bridgehead atoms. The van der Waals surface area contributed by atoms with Crippen LogP contribution in [0.25, 0.3) is 5.82 Å². The fourth-order valence-electron chi connectivity index (χ4n) is 3.21. The molecule has 7 heteroatoms. The summed E-state index contributed by atoms with van der Waals surface area (Å²) in [6, 6.07) is 11.7. The predicted molar refractivity (Wildman–Crippen MR) is 97.1 cm³/mol. The lowest BCUT2D eigenvalue weighted by Crippen LogP contribution is -2.42. The SMILES string of the molecule is Cc1c(C(=O)N2CCOC(c3ccc(F)cc3)C2)cnn1-c1ccccn1. The zero-order chi connectivity index (χ0) is 18.8. The van der Waals surface area contributed by atoms with E-state index in [1.165, 1.54) is 12.1 Å². The molecule has 0 saturated carbocycles. The molecule has 4 rings (SSSR count). The number of halogens is 1. The highest BCUT2D eigenvalue weighted by Gasteiger charge is 2.28. The van der Waals surface area contributed by atoms with Crippen LogP contribution >= 0.6 is 0 Å². The van der Waals surface area contributed by atoms with Crippen LogP contribution in [0.2, 0.25) is 0 Å². The van der Waals surface area contributed by atoms with Crippen molar-refractivity contribution in [2.24, 2.45) is 0 Å². The highest BCUT2D eigenvalue weighted by Crippen LogP contribution is 2.24. The zero-order valence-corrected chi connectivity index (χ0v) is 14.9. The molecular formula is C20H19FN4O2. The van der Waals surface area contributed by atoms with Gasteiger partial charge in [0.2, 0.25) is 0 Å². The van der Waals surface area contributed by atoms with Crippen LogP contribution in [-0.4, -0.2) is 45.3 Å². The Balaban J connectivity index is 1.54. The number of hydrogen-bond acceptors (Lipinski definition) is 4. The molecule has 1 fully saturated rings. The average Bonchev–Trinajstić information content (AvgIpc) is 3.10. The molecule has 6 nitrogen and oxygen atoms in total. The third-order valence-corrected chi connectivity index (χ3v) is 4.70. The van der Waals surface area contributed by atoms with Gasteiger partial charge in [-0.05, 0) is 36.8 Å². The van der Waals surface area contributed by atoms with E-state index in [2.05, 4.69) is 10.1 Å². The Morgan fingerprint density at radius 2 is 2.04 bits per heavy atom. The standard InChI is InChI=1S/C20H19FN4O2/c1-14-17(12-23-25(14)19-4-2-3-9-22-19)20(26)24-10-11-27-18(13-24)15-5-7-16(21)8-6-15/h2-9,12,18H,10-11,13H2,1H3. The fraction of sp³-hybridized carbons (Fsp3) is 0.250. The van der Waals surface area contributed by atoms with Crippen molar-refractivity contribution in [1.29, 1.82) is 0 Å². The molecule has 138 valence electrons. The van der Waals surface area contributed by atoms with Crippen molar-refractivity contribution in [2.45, 2.75) is 13.0 Å². The predicted octanol–water partition coefficient (Wildman–Crippen LogP) is 2.93. The largest absolute Gasteiger partial charge is 0.370 e. The Morgan fingerprint density at radius 3 is 2.78 bits per heavy atom. The van der Waals surface area contributed by atoms with E-state index >= 15 is 0 Å². The number of amides is 1. The van der Waals surface area contributed by atoms with Gasteiger partial charge in [0.25, 0.3) is 5.91 Å². The van der Waals surface area contributed by atoms with Crippen molar-refractivity contribution in [3.05, 3.63) is 77.5 Å². The quantitative estimate of drug-likeness (QED) is 0.715. The number of rotatable bonds is 3. The first-order valence-corrected chi connectivity index (χ1v) is 8.76. The lowest BCUT2D eigenvalue weighted by Gasteiger charge is -2.33. The van der Waals surface area contributed by atoms with Crippen LogP contribution in [0.4, 0.5) is 4.39 Å². The summed E-state index contributed by atoms with van der Waals surface area (Å²) in [5.74, 6) is 0.283. The Bertz CT molecular complexity index is 940. The number of morpholine rings is 1. The Hall–Kier alpha value is -3.06. The Kier molecular flexibility index (Phi) is 4.68. The van der Waals surface area contributed by atoms with Crippen molar-refractivity contribution >= 4 is 5.91 Å². The number of carbonyl (C=O) groups excluding carboxylic acids is 1. The fourth-order valence-corrected chi connectivity index (χ4v) is 3.21. The van der Waals surface area contributed by atoms with E-state index in [1.54, 1.807) is 34.1 Å². The maximum Gasteiger partial charge on any atom is 0.257 e. The number of benzene rings is 1. The second kappa shape index (κ2) is 7.28. The highest BCUT2D eigenvalue weighted by molar-refractivity contribution is 5.95. The van der Waals surface area contributed by atoms with Gasteiger partial charge >= 0.3 is 0 Å². The Labute approximate surface area is 156 Å². The molecule has 0 radical (unpaired) electrons. The summed E-state index contributed by atoms with van der Waals surface area (Å²) >= 11 is 0. The minimum absolute atomic E-state index is 0.0925. The van der Waals surface area contributed by atoms with Crippen molar-refractivity contribution in [1.82, 2.24) is 19.7 Å². The first kappa shape index (κ1) is 17.4. The number of aromatic nitrogens is 3. The summed E-state index contributed by atoms with van der Waals surface area (Å²) in [4.78, 5) is 19.1. The van der Waals surface area contributed by atoms with Gasteiger partial charge in [-0.2, -0.15) is 5.10 Å². The number of carbonyl (C=O) groups is 1. The maximum atomic E-state index is 13.1. The minimum Gasteiger partial charge on any atom is -0.370 e. The molecule has 1 aliphatic rings. The Morgan fingerprint density at radius 1 is 1.22 bits per heavy atom. The van der Waals surface area contributed by atoms with Gasteiger partial charge in [0, 0.05) is 12.7 Å². The number of nitrogens with zero attached hydrogens (tertiary/aromatic N) is 4. The molecule has 1 aromatic carbocycles. The average molecular weight is 366 g/mol. The third-order valence-electron chi connectivity index (χ3n) is 4.70. The molecule has 1 unspecified atom stereocenters. The van der Waals surface area contributed by atoms with Gasteiger partial charge in [0.1, 0.15) is 11.9 Å². The monoisotopic (exact) mass is 366 g/mol. The van der Waals surface area contributed by atoms with Crippen LogP contribution in [0.3, 0.4) is 0 Å². The van der Waals surface area contributed by atoms with Crippen molar-refractivity contribution < 1.29 is 13.9 Å². The van der Waals surface area contributed by atoms with E-state index in [4.69, 9.17) is 4.74 Å². The second-order valence-electron chi connectivity index (χ2n) is 6.41. The molecule has 3 heterocycles. The molecule has 1 aliphatic heterocycles. The molecule has 1 amide bonds. The highest BCUT2D eigenvalue weighted by atomic mass is 19.1. The van der Waals surface area contributed by atoms with E-state index in [9.17, 15) is 9.18 Å². The molecule has 0 aliphatic carbocycles. The van der Waals surface area contributed by atoms with Gasteiger partial charge in [-0.3, -0.25) is 4.79 Å². The lowest BCUT2D eigenvalue weighted by molar-refractivity contribution is -0.0228. The molecule has 1 atom stereocenters. The number of ether oxygens (including phenoxy) is 1. The van der Waals surface area contributed by atoms with Crippen LogP contribution < -0.4 is 0 Å². The molecule has 0 N–H and O–H groups in total. The smallest absolute Gasteiger partial charge is 0.257 e. The van der Waals surface area contributed by atoms with Gasteiger partial charge in [-0.1, -0.05) is 18.2 Å². The first-order chi connectivity index (χ1) is 13.1. The van der Waals surface area contributed by atoms with Crippen molar-refractivity contribution in [3.8, 4) is 5.82 Å². The van der Waals surface area contributed by atoms with Gasteiger partial charge in [0.15, 0.2) is 5.82 Å². The van der Waals surface area contributed by atoms with E-state index < -0.39 is 0 Å². The van der Waals surface area contributed by atoms with Crippen molar-refractivity contribution in [3.63, 3.8) is 0 Å². The number of pyridine rings is 1. The van der Waals surface area contributed by atoms with Crippen LogP contribution in [0.1, 0.15) is 27.7 Å². The summed E-state index contributed by atoms with van der Waals surface area (Å²) < 4.78 is 20.6. The zero-order valence-electron chi connectivity index (χ0n) is 14.9. The minimum atomic E-state index is -0.292. The number of hydrogen-bond donors (Lipinski definition) is 0. The van der Waals surface area contributed by atoms with Crippen LogP contribution in [0, 0.1) is 12.7 Å². The van der Waals surface area contributed by atoms with Gasteiger partial charge in [0.05, 0.1) is 30.6 Å². The van der Waals surface area contributed by atoms with Crippen LogP contribution in [-0.2, 0) is 4.74 Å². The van der Waals surface area contributed by atoms with E-state index in [0.29, 0.717) is 31.1 Å². The molecule has 0 spiro atoms. The van der Waals surface area contributed by atoms with E-state index in [-0.39, 0.29) is 17.8 Å². The van der Waals surface area contributed by atoms with Gasteiger partial charge < -0.3 is 9.64 Å². The summed E-state index contributed by atoms with van der Waals surface area (Å²) in [5, 5.41) is 4.32. The van der Waals surface area contributed by atoms with E-state index in [1.807, 2.05) is 25.1 Å². The topological polar surface area (TPSA) is 60.3 Å². The summed E-state index contributed by atoms with van der Waals surface area (Å²) in [7, 11) is 0. The van der Waals surface area contributed by atoms with Crippen molar-refractivity contribution in [2.75, 3.05) is 19.7 Å². The third kappa shape index (κ3) is 3.46. The second-order valence-corrected chi connectivity index (χ2v) is 6.41. The lowest BCUT2D eigenvalue weighted by atomic mass is 10.1. The van der Waals surface area contributed by atoms with Crippen LogP contribution in [0.15, 0.2) is 54.9 Å². The first-order valence-electron chi connectivity index (χ1n) is 8.76. The summed E-state index contributed by atoms with van der Waals surface area (Å²) in [6.45, 7) is 3.21. The molecule has 27 heavy (non-hydrogen) atoms. The molecule has 1 saturated heterocycles. The molecule has 2 aromatic heterocycles. The normalized spacial score (nSPS) is 17.1. The van der Waals surface area contributed by atoms with Gasteiger partial charge in [-0.15, -0.1) is 0 Å². The van der Waals surface area contributed by atoms with Crippen LogP contribution in [0.5, 0.6) is 0 Å². The summed E-state index contributed by atoms with van der Waals surface area (Å²) in [5.41, 5.74) is 2.14. The maximum absolute atomic E-state index is 13.1. The molecular weight excluding hydrogens is 347 g/mol. The van der Waals surface area contributed by atoms with E-state index in [0.717, 1.165) is 11.3 Å². The van der Waals surface area contributed by atoms with Gasteiger partial charge in [-0.25, -0.2) is 14.1 Å². The molecule has 3 aromatic rings. The summed E-state index contributed by atoms with van der Waals surface area (Å²) in [6.07, 6.45) is 3.00.